The van der Waals surface area contributed by atoms with Gasteiger partial charge in [0.05, 0.1) is 12.8 Å². The minimum Gasteiger partial charge on any atom is -0.495 e. The molecule has 5 nitrogen and oxygen atoms in total. The average Bonchev–Trinajstić information content (AvgIpc) is 2.43. The van der Waals surface area contributed by atoms with E-state index in [1.54, 1.807) is 12.1 Å². The van der Waals surface area contributed by atoms with Crippen molar-refractivity contribution >= 4 is 29.1 Å². The first-order valence-electron chi connectivity index (χ1n) is 6.42. The molecule has 0 radical (unpaired) electrons. The molecule has 1 aromatic carbocycles. The summed E-state index contributed by atoms with van der Waals surface area (Å²) in [5, 5.41) is 3.24. The Balaban J connectivity index is 2.46. The molecule has 1 aliphatic heterocycles. The molecule has 0 aromatic heterocycles. The van der Waals surface area contributed by atoms with Crippen LogP contribution < -0.4 is 15.0 Å². The molecule has 1 aliphatic rings. The Labute approximate surface area is 122 Å². The highest BCUT2D eigenvalue weighted by atomic mass is 35.5. The summed E-state index contributed by atoms with van der Waals surface area (Å²) in [5.41, 5.74) is 1.40. The lowest BCUT2D eigenvalue weighted by Crippen LogP contribution is -2.58. The van der Waals surface area contributed by atoms with Crippen molar-refractivity contribution in [3.8, 4) is 5.75 Å². The van der Waals surface area contributed by atoms with E-state index in [1.165, 1.54) is 12.0 Å². The number of ether oxygens (including phenoxy) is 1. The van der Waals surface area contributed by atoms with Gasteiger partial charge in [0, 0.05) is 11.1 Å². The lowest BCUT2D eigenvalue weighted by atomic mass is 10.1. The summed E-state index contributed by atoms with van der Waals surface area (Å²) in [6.45, 7) is 3.69. The van der Waals surface area contributed by atoms with Gasteiger partial charge in [-0.05, 0) is 25.0 Å². The quantitative estimate of drug-likeness (QED) is 0.927. The topological polar surface area (TPSA) is 58.6 Å². The van der Waals surface area contributed by atoms with E-state index in [9.17, 15) is 9.59 Å². The van der Waals surface area contributed by atoms with Crippen molar-refractivity contribution in [2.45, 2.75) is 26.3 Å². The molecule has 2 rings (SSSR count). The van der Waals surface area contributed by atoms with Gasteiger partial charge in [0.25, 0.3) is 0 Å². The third kappa shape index (κ3) is 2.58. The van der Waals surface area contributed by atoms with Crippen LogP contribution in [0.2, 0.25) is 5.02 Å². The van der Waals surface area contributed by atoms with Crippen LogP contribution in [0.3, 0.4) is 0 Å². The number of hydrogen-bond donors (Lipinski definition) is 1. The fraction of sp³-hybridized carbons (Fsp3) is 0.429. The predicted molar refractivity (Wildman–Crippen MR) is 77.3 cm³/mol. The van der Waals surface area contributed by atoms with E-state index in [2.05, 4.69) is 5.32 Å². The Bertz CT molecular complexity index is 560. The van der Waals surface area contributed by atoms with E-state index in [-0.39, 0.29) is 18.4 Å². The van der Waals surface area contributed by atoms with Crippen molar-refractivity contribution in [2.24, 2.45) is 0 Å². The molecule has 1 unspecified atom stereocenters. The van der Waals surface area contributed by atoms with Gasteiger partial charge in [0.2, 0.25) is 11.8 Å². The number of carbonyl (C=O) groups excluding carboxylic acids is 2. The largest absolute Gasteiger partial charge is 0.495 e. The van der Waals surface area contributed by atoms with E-state index in [0.717, 1.165) is 5.56 Å². The van der Waals surface area contributed by atoms with Crippen molar-refractivity contribution < 1.29 is 14.3 Å². The number of anilines is 1. The predicted octanol–water partition coefficient (Wildman–Crippen LogP) is 1.90. The number of hydrogen-bond acceptors (Lipinski definition) is 3. The van der Waals surface area contributed by atoms with Crippen LogP contribution in [0.25, 0.3) is 0 Å². The Kier molecular flexibility index (Phi) is 4.18. The normalized spacial score (nSPS) is 19.0. The zero-order chi connectivity index (χ0) is 14.9. The molecular weight excluding hydrogens is 280 g/mol. The van der Waals surface area contributed by atoms with E-state index < -0.39 is 6.04 Å². The average molecular weight is 297 g/mol. The molecule has 1 atom stereocenters. The highest BCUT2D eigenvalue weighted by Crippen LogP contribution is 2.34. The number of halogens is 1. The molecule has 1 N–H and O–H groups in total. The minimum absolute atomic E-state index is 0.00718. The number of nitrogens with one attached hydrogen (secondary N) is 1. The summed E-state index contributed by atoms with van der Waals surface area (Å²) in [6.07, 6.45) is 0.552. The molecule has 1 fully saturated rings. The van der Waals surface area contributed by atoms with E-state index in [4.69, 9.17) is 16.3 Å². The number of piperazine rings is 1. The summed E-state index contributed by atoms with van der Waals surface area (Å²) in [6, 6.07) is 2.94. The maximum absolute atomic E-state index is 12.4. The molecule has 1 heterocycles. The first-order valence-corrected chi connectivity index (χ1v) is 6.80. The van der Waals surface area contributed by atoms with Crippen LogP contribution >= 0.6 is 11.6 Å². The SMILES string of the molecule is CCC1NC(=O)CN(c2cc(C)c(Cl)cc2OC)C1=O. The van der Waals surface area contributed by atoms with E-state index in [0.29, 0.717) is 22.9 Å². The Morgan fingerprint density at radius 2 is 2.15 bits per heavy atom. The maximum Gasteiger partial charge on any atom is 0.250 e. The number of amides is 2. The van der Waals surface area contributed by atoms with Crippen LogP contribution in [0.4, 0.5) is 5.69 Å². The van der Waals surface area contributed by atoms with E-state index >= 15 is 0 Å². The van der Waals surface area contributed by atoms with Gasteiger partial charge in [-0.25, -0.2) is 0 Å². The van der Waals surface area contributed by atoms with Gasteiger partial charge in [0.1, 0.15) is 18.3 Å². The van der Waals surface area contributed by atoms with Gasteiger partial charge >= 0.3 is 0 Å². The van der Waals surface area contributed by atoms with Crippen LogP contribution in [-0.4, -0.2) is 31.5 Å². The van der Waals surface area contributed by atoms with Crippen molar-refractivity contribution in [3.63, 3.8) is 0 Å². The zero-order valence-electron chi connectivity index (χ0n) is 11.7. The summed E-state index contributed by atoms with van der Waals surface area (Å²) in [4.78, 5) is 25.6. The molecule has 0 aliphatic carbocycles. The van der Waals surface area contributed by atoms with Crippen LogP contribution in [0.5, 0.6) is 5.75 Å². The number of rotatable bonds is 3. The third-order valence-corrected chi connectivity index (χ3v) is 3.77. The smallest absolute Gasteiger partial charge is 0.250 e. The van der Waals surface area contributed by atoms with Crippen molar-refractivity contribution in [3.05, 3.63) is 22.7 Å². The molecule has 20 heavy (non-hydrogen) atoms. The highest BCUT2D eigenvalue weighted by Gasteiger charge is 2.33. The van der Waals surface area contributed by atoms with Crippen molar-refractivity contribution in [2.75, 3.05) is 18.6 Å². The van der Waals surface area contributed by atoms with Crippen LogP contribution in [0.1, 0.15) is 18.9 Å². The van der Waals surface area contributed by atoms with Gasteiger partial charge in [-0.1, -0.05) is 18.5 Å². The van der Waals surface area contributed by atoms with Gasteiger partial charge in [0.15, 0.2) is 0 Å². The Hall–Kier alpha value is -1.75. The highest BCUT2D eigenvalue weighted by molar-refractivity contribution is 6.31. The molecule has 0 spiro atoms. The molecule has 1 saturated heterocycles. The van der Waals surface area contributed by atoms with E-state index in [1.807, 2.05) is 13.8 Å². The number of aryl methyl sites for hydroxylation is 1. The molecule has 2 amide bonds. The number of methoxy groups -OCH3 is 1. The van der Waals surface area contributed by atoms with Gasteiger partial charge < -0.3 is 10.1 Å². The summed E-state index contributed by atoms with van der Waals surface area (Å²) in [7, 11) is 1.51. The van der Waals surface area contributed by atoms with Gasteiger partial charge in [-0.15, -0.1) is 0 Å². The minimum atomic E-state index is -0.489. The van der Waals surface area contributed by atoms with Gasteiger partial charge in [-0.3, -0.25) is 14.5 Å². The number of benzene rings is 1. The first-order chi connectivity index (χ1) is 9.47. The first kappa shape index (κ1) is 14.7. The summed E-state index contributed by atoms with van der Waals surface area (Å²) < 4.78 is 5.28. The molecule has 0 bridgehead atoms. The lowest BCUT2D eigenvalue weighted by molar-refractivity contribution is -0.131. The van der Waals surface area contributed by atoms with Crippen LogP contribution in [-0.2, 0) is 9.59 Å². The fourth-order valence-electron chi connectivity index (χ4n) is 2.21. The Morgan fingerprint density at radius 3 is 2.75 bits per heavy atom. The number of carbonyl (C=O) groups is 2. The van der Waals surface area contributed by atoms with Crippen molar-refractivity contribution in [1.82, 2.24) is 5.32 Å². The standard InChI is InChI=1S/C14H17ClN2O3/c1-4-10-14(19)17(7-13(18)16-10)11-5-8(2)9(15)6-12(11)20-3/h5-6,10H,4,7H2,1-3H3,(H,16,18). The second-order valence-electron chi connectivity index (χ2n) is 4.73. The second-order valence-corrected chi connectivity index (χ2v) is 5.13. The monoisotopic (exact) mass is 296 g/mol. The molecule has 6 heteroatoms. The van der Waals surface area contributed by atoms with Gasteiger partial charge in [-0.2, -0.15) is 0 Å². The molecule has 108 valence electrons. The second kappa shape index (κ2) is 5.71. The van der Waals surface area contributed by atoms with Crippen LogP contribution in [0.15, 0.2) is 12.1 Å². The van der Waals surface area contributed by atoms with Crippen LogP contribution in [0, 0.1) is 6.92 Å². The summed E-state index contributed by atoms with van der Waals surface area (Å²) in [5.74, 6) is 0.178. The molecule has 1 aromatic rings. The molecule has 0 saturated carbocycles. The molecular formula is C14H17ClN2O3. The summed E-state index contributed by atoms with van der Waals surface area (Å²) >= 11 is 6.06. The third-order valence-electron chi connectivity index (χ3n) is 3.36. The Morgan fingerprint density at radius 1 is 1.45 bits per heavy atom. The zero-order valence-corrected chi connectivity index (χ0v) is 12.5. The maximum atomic E-state index is 12.4. The fourth-order valence-corrected chi connectivity index (χ4v) is 2.37. The lowest BCUT2D eigenvalue weighted by Gasteiger charge is -2.33. The van der Waals surface area contributed by atoms with Crippen molar-refractivity contribution in [1.29, 1.82) is 0 Å². The number of nitrogens with zero attached hydrogens (tertiary/aromatic N) is 1.